The minimum Gasteiger partial charge on any atom is -0.491 e. The molecule has 0 saturated carbocycles. The quantitative estimate of drug-likeness (QED) is 0.845. The van der Waals surface area contributed by atoms with Gasteiger partial charge in [-0.3, -0.25) is 4.68 Å². The van der Waals surface area contributed by atoms with Gasteiger partial charge in [-0.2, -0.15) is 5.10 Å². The lowest BCUT2D eigenvalue weighted by atomic mass is 10.0. The highest BCUT2D eigenvalue weighted by molar-refractivity contribution is 5.87. The molecule has 1 aliphatic rings. The zero-order valence-corrected chi connectivity index (χ0v) is 11.3. The van der Waals surface area contributed by atoms with E-state index < -0.39 is 6.10 Å². The van der Waals surface area contributed by atoms with Crippen LogP contribution in [0.2, 0.25) is 0 Å². The van der Waals surface area contributed by atoms with Crippen LogP contribution in [0.4, 0.5) is 0 Å². The van der Waals surface area contributed by atoms with Crippen LogP contribution in [-0.4, -0.2) is 33.6 Å². The summed E-state index contributed by atoms with van der Waals surface area (Å²) in [7, 11) is 0. The first kappa shape index (κ1) is 12.4. The summed E-state index contributed by atoms with van der Waals surface area (Å²) in [6.07, 6.45) is 0.161. The Kier molecular flexibility index (Phi) is 2.95. The number of aryl methyl sites for hydroxylation is 1. The second-order valence-corrected chi connectivity index (χ2v) is 5.35. The first-order chi connectivity index (χ1) is 9.06. The molecule has 102 valence electrons. The van der Waals surface area contributed by atoms with Crippen molar-refractivity contribution in [3.8, 4) is 5.75 Å². The standard InChI is InChI=1S/C14H19N3O2/c1-8(15)6-17-14-11(9(2)16-17)3-4-13-12(14)5-10(18)7-19-13/h3-4,8,10,18H,5-7,15H2,1-2H3/t8-,10?/m0/s1. The predicted molar refractivity (Wildman–Crippen MR) is 73.3 cm³/mol. The highest BCUT2D eigenvalue weighted by atomic mass is 16.5. The third-order valence-electron chi connectivity index (χ3n) is 3.49. The first-order valence-electron chi connectivity index (χ1n) is 6.61. The number of aliphatic hydroxyl groups excluding tert-OH is 1. The molecule has 3 rings (SSSR count). The molecule has 0 aliphatic carbocycles. The van der Waals surface area contributed by atoms with Crippen LogP contribution in [0.15, 0.2) is 12.1 Å². The summed E-state index contributed by atoms with van der Waals surface area (Å²) < 4.78 is 7.53. The largest absolute Gasteiger partial charge is 0.491 e. The maximum Gasteiger partial charge on any atom is 0.124 e. The van der Waals surface area contributed by atoms with Crippen molar-refractivity contribution in [2.45, 2.75) is 39.0 Å². The third kappa shape index (κ3) is 2.09. The number of aliphatic hydroxyl groups is 1. The first-order valence-corrected chi connectivity index (χ1v) is 6.61. The number of ether oxygens (including phenoxy) is 1. The van der Waals surface area contributed by atoms with Gasteiger partial charge in [0.25, 0.3) is 0 Å². The van der Waals surface area contributed by atoms with Gasteiger partial charge in [-0.1, -0.05) is 0 Å². The molecule has 0 radical (unpaired) electrons. The lowest BCUT2D eigenvalue weighted by Crippen LogP contribution is -2.27. The van der Waals surface area contributed by atoms with E-state index in [1.54, 1.807) is 0 Å². The van der Waals surface area contributed by atoms with Crippen molar-refractivity contribution in [1.82, 2.24) is 9.78 Å². The highest BCUT2D eigenvalue weighted by Gasteiger charge is 2.23. The number of nitrogens with zero attached hydrogens (tertiary/aromatic N) is 2. The van der Waals surface area contributed by atoms with Crippen molar-refractivity contribution in [2.75, 3.05) is 6.61 Å². The molecule has 0 saturated heterocycles. The molecule has 5 nitrogen and oxygen atoms in total. The topological polar surface area (TPSA) is 73.3 Å². The van der Waals surface area contributed by atoms with Crippen molar-refractivity contribution in [3.05, 3.63) is 23.4 Å². The van der Waals surface area contributed by atoms with Gasteiger partial charge in [-0.25, -0.2) is 0 Å². The van der Waals surface area contributed by atoms with Crippen molar-refractivity contribution in [1.29, 1.82) is 0 Å². The zero-order chi connectivity index (χ0) is 13.6. The van der Waals surface area contributed by atoms with Crippen LogP contribution in [0.25, 0.3) is 10.9 Å². The van der Waals surface area contributed by atoms with E-state index in [-0.39, 0.29) is 6.04 Å². The minimum atomic E-state index is -0.447. The van der Waals surface area contributed by atoms with E-state index in [0.717, 1.165) is 27.9 Å². The molecule has 1 aliphatic heterocycles. The molecule has 0 spiro atoms. The molecule has 5 heteroatoms. The van der Waals surface area contributed by atoms with E-state index in [2.05, 4.69) is 5.10 Å². The van der Waals surface area contributed by atoms with E-state index in [1.807, 2.05) is 30.7 Å². The smallest absolute Gasteiger partial charge is 0.124 e. The number of fused-ring (bicyclic) bond motifs is 3. The second kappa shape index (κ2) is 4.51. The molecule has 0 amide bonds. The Labute approximate surface area is 112 Å². The van der Waals surface area contributed by atoms with Gasteiger partial charge in [0.15, 0.2) is 0 Å². The number of aromatic nitrogens is 2. The average Bonchev–Trinajstić information content (AvgIpc) is 2.65. The van der Waals surface area contributed by atoms with Gasteiger partial charge in [0.05, 0.1) is 23.9 Å². The Balaban J connectivity index is 2.22. The molecule has 1 aromatic heterocycles. The normalized spacial score (nSPS) is 20.1. The molecule has 0 fully saturated rings. The van der Waals surface area contributed by atoms with E-state index in [1.165, 1.54) is 0 Å². The van der Waals surface area contributed by atoms with Crippen LogP contribution >= 0.6 is 0 Å². The van der Waals surface area contributed by atoms with Gasteiger partial charge in [0, 0.05) is 23.4 Å². The van der Waals surface area contributed by atoms with E-state index in [9.17, 15) is 5.11 Å². The molecule has 3 N–H and O–H groups in total. The molecule has 19 heavy (non-hydrogen) atoms. The lowest BCUT2D eigenvalue weighted by molar-refractivity contribution is 0.0926. The molecule has 0 bridgehead atoms. The van der Waals surface area contributed by atoms with Crippen LogP contribution in [0, 0.1) is 6.92 Å². The summed E-state index contributed by atoms with van der Waals surface area (Å²) in [5.74, 6) is 0.851. The Bertz CT molecular complexity index is 619. The Hall–Kier alpha value is -1.59. The summed E-state index contributed by atoms with van der Waals surface area (Å²) in [4.78, 5) is 0. The molecule has 2 aromatic rings. The van der Waals surface area contributed by atoms with Crippen molar-refractivity contribution >= 4 is 10.9 Å². The van der Waals surface area contributed by atoms with Gasteiger partial charge in [-0.15, -0.1) is 0 Å². The van der Waals surface area contributed by atoms with Crippen molar-refractivity contribution in [3.63, 3.8) is 0 Å². The third-order valence-corrected chi connectivity index (χ3v) is 3.49. The molecular weight excluding hydrogens is 242 g/mol. The van der Waals surface area contributed by atoms with Crippen LogP contribution in [0.1, 0.15) is 18.2 Å². The minimum absolute atomic E-state index is 0.0350. The molecule has 1 aromatic carbocycles. The predicted octanol–water partition coefficient (Wildman–Crippen LogP) is 0.988. The fourth-order valence-corrected chi connectivity index (χ4v) is 2.71. The van der Waals surface area contributed by atoms with E-state index >= 15 is 0 Å². The summed E-state index contributed by atoms with van der Waals surface area (Å²) in [5.41, 5.74) is 8.96. The summed E-state index contributed by atoms with van der Waals surface area (Å²) in [5, 5.41) is 15.5. The monoisotopic (exact) mass is 261 g/mol. The fourth-order valence-electron chi connectivity index (χ4n) is 2.71. The number of nitrogens with two attached hydrogens (primary N) is 1. The Morgan fingerprint density at radius 2 is 2.37 bits per heavy atom. The van der Waals surface area contributed by atoms with Crippen LogP contribution in [0.3, 0.4) is 0 Å². The van der Waals surface area contributed by atoms with E-state index in [0.29, 0.717) is 19.6 Å². The number of hydrogen-bond donors (Lipinski definition) is 2. The SMILES string of the molecule is Cc1nn(C[C@H](C)N)c2c3c(ccc12)OCC(O)C3. The number of hydrogen-bond acceptors (Lipinski definition) is 4. The number of benzene rings is 1. The Morgan fingerprint density at radius 1 is 1.58 bits per heavy atom. The molecule has 2 heterocycles. The molecule has 1 unspecified atom stereocenters. The molecule has 2 atom stereocenters. The average molecular weight is 261 g/mol. The van der Waals surface area contributed by atoms with Gasteiger partial charge >= 0.3 is 0 Å². The fraction of sp³-hybridized carbons (Fsp3) is 0.500. The maximum atomic E-state index is 9.82. The second-order valence-electron chi connectivity index (χ2n) is 5.35. The van der Waals surface area contributed by atoms with Gasteiger partial charge in [0.1, 0.15) is 12.4 Å². The molecular formula is C14H19N3O2. The lowest BCUT2D eigenvalue weighted by Gasteiger charge is -2.23. The summed E-state index contributed by atoms with van der Waals surface area (Å²) in [6, 6.07) is 4.04. The zero-order valence-electron chi connectivity index (χ0n) is 11.3. The van der Waals surface area contributed by atoms with E-state index in [4.69, 9.17) is 10.5 Å². The van der Waals surface area contributed by atoms with Crippen molar-refractivity contribution < 1.29 is 9.84 Å². The Morgan fingerprint density at radius 3 is 3.11 bits per heavy atom. The number of rotatable bonds is 2. The highest BCUT2D eigenvalue weighted by Crippen LogP contribution is 2.33. The van der Waals surface area contributed by atoms with Crippen LogP contribution in [0.5, 0.6) is 5.75 Å². The maximum absolute atomic E-state index is 9.82. The van der Waals surface area contributed by atoms with Crippen LogP contribution < -0.4 is 10.5 Å². The van der Waals surface area contributed by atoms with Crippen molar-refractivity contribution in [2.24, 2.45) is 5.73 Å². The van der Waals surface area contributed by atoms with Gasteiger partial charge in [-0.05, 0) is 26.0 Å². The summed E-state index contributed by atoms with van der Waals surface area (Å²) in [6.45, 7) is 4.98. The van der Waals surface area contributed by atoms with Gasteiger partial charge < -0.3 is 15.6 Å². The summed E-state index contributed by atoms with van der Waals surface area (Å²) >= 11 is 0. The van der Waals surface area contributed by atoms with Gasteiger partial charge in [0.2, 0.25) is 0 Å². The van der Waals surface area contributed by atoms with Crippen LogP contribution in [-0.2, 0) is 13.0 Å².